The first-order chi connectivity index (χ1) is 8.88. The minimum Gasteiger partial charge on any atom is -0.368 e. The third kappa shape index (κ3) is 1.59. The number of para-hydroxylation sites is 1. The fourth-order valence-corrected chi connectivity index (χ4v) is 2.43. The van der Waals surface area contributed by atoms with Crippen LogP contribution in [0.15, 0.2) is 24.3 Å². The number of nitrogens with two attached hydrogens (primary N) is 1. The molecule has 0 radical (unpaired) electrons. The average Bonchev–Trinajstić information content (AvgIpc) is 2.78. The van der Waals surface area contributed by atoms with Crippen LogP contribution in [0.5, 0.6) is 0 Å². The summed E-state index contributed by atoms with van der Waals surface area (Å²) in [4.78, 5) is 23.6. The Kier molecular flexibility index (Phi) is 2.45. The zero-order valence-corrected chi connectivity index (χ0v) is 10.2. The molecule has 1 aromatic carbocycles. The first kappa shape index (κ1) is 10.3. The molecule has 2 aliphatic heterocycles. The second-order valence-electron chi connectivity index (χ2n) is 4.33. The van der Waals surface area contributed by atoms with Gasteiger partial charge in [0.15, 0.2) is 0 Å². The van der Waals surface area contributed by atoms with Crippen molar-refractivity contribution in [3.05, 3.63) is 29.8 Å². The van der Waals surface area contributed by atoms with Gasteiger partial charge >= 0.3 is 0 Å². The molecule has 0 aromatic heterocycles. The summed E-state index contributed by atoms with van der Waals surface area (Å²) in [7, 11) is 0. The Labute approximate surface area is 113 Å². The molecular weight excluding hydrogens is 254 g/mol. The molecule has 1 fully saturated rings. The highest BCUT2D eigenvalue weighted by Gasteiger charge is 2.52. The predicted octanol–water partition coefficient (Wildman–Crippen LogP) is 0.145. The van der Waals surface area contributed by atoms with Crippen LogP contribution in [0.2, 0.25) is 0 Å². The second-order valence-corrected chi connectivity index (χ2v) is 4.33. The number of anilines is 1. The van der Waals surface area contributed by atoms with E-state index < -0.39 is 29.8 Å². The molecule has 0 aliphatic carbocycles. The van der Waals surface area contributed by atoms with Gasteiger partial charge in [-0.2, -0.15) is 0 Å². The van der Waals surface area contributed by atoms with Crippen molar-refractivity contribution in [2.75, 3.05) is 11.8 Å². The third-order valence-electron chi connectivity index (χ3n) is 3.34. The molecule has 0 saturated carbocycles. The highest BCUT2D eigenvalue weighted by atomic mass is 35.5. The van der Waals surface area contributed by atoms with Gasteiger partial charge in [-0.3, -0.25) is 9.59 Å². The summed E-state index contributed by atoms with van der Waals surface area (Å²) in [6.45, 7) is -2.02. The highest BCUT2D eigenvalue weighted by molar-refractivity contribution is 6.07. The standard InChI is InChI=1S/C12H13N3O2.ClH/c13-10(16)9-5-12(6-14-9)7-3-1-2-4-8(7)15-11(12)17;/h1-4,9,14H,5-6H2,(H2,13,16)(H,15,17);1H/t9-,12-;/m0./s1/i6D2;. The summed E-state index contributed by atoms with van der Waals surface area (Å²) < 4.78 is 16.2. The fourth-order valence-electron chi connectivity index (χ4n) is 2.43. The first-order valence-corrected chi connectivity index (χ1v) is 5.36. The van der Waals surface area contributed by atoms with Crippen LogP contribution in [0, 0.1) is 0 Å². The molecule has 2 atom stereocenters. The van der Waals surface area contributed by atoms with Crippen LogP contribution in [-0.2, 0) is 15.0 Å². The lowest BCUT2D eigenvalue weighted by molar-refractivity contribution is -0.120. The quantitative estimate of drug-likeness (QED) is 0.678. The Balaban J connectivity index is 0.00000147. The molecule has 96 valence electrons. The maximum atomic E-state index is 12.3. The summed E-state index contributed by atoms with van der Waals surface area (Å²) in [5.74, 6) is -1.09. The number of nitrogens with one attached hydrogen (secondary N) is 2. The van der Waals surface area contributed by atoms with Crippen LogP contribution >= 0.6 is 12.4 Å². The van der Waals surface area contributed by atoms with Crippen molar-refractivity contribution < 1.29 is 12.3 Å². The molecule has 6 heteroatoms. The van der Waals surface area contributed by atoms with Gasteiger partial charge in [-0.25, -0.2) is 0 Å². The maximum absolute atomic E-state index is 12.3. The minimum atomic E-state index is -2.02. The second kappa shape index (κ2) is 4.26. The van der Waals surface area contributed by atoms with Gasteiger partial charge in [0.05, 0.1) is 11.5 Å². The van der Waals surface area contributed by atoms with Gasteiger partial charge in [-0.1, -0.05) is 18.2 Å². The van der Waals surface area contributed by atoms with Gasteiger partial charge in [0.2, 0.25) is 11.8 Å². The summed E-state index contributed by atoms with van der Waals surface area (Å²) >= 11 is 0. The van der Waals surface area contributed by atoms with E-state index in [1.54, 1.807) is 24.3 Å². The van der Waals surface area contributed by atoms with Crippen molar-refractivity contribution >= 4 is 29.9 Å². The van der Waals surface area contributed by atoms with E-state index in [0.29, 0.717) is 11.3 Å². The lowest BCUT2D eigenvalue weighted by Crippen LogP contribution is -2.36. The lowest BCUT2D eigenvalue weighted by Gasteiger charge is -2.19. The van der Waals surface area contributed by atoms with E-state index >= 15 is 0 Å². The topological polar surface area (TPSA) is 84.2 Å². The van der Waals surface area contributed by atoms with Crippen LogP contribution < -0.4 is 16.4 Å². The van der Waals surface area contributed by atoms with Crippen LogP contribution in [0.4, 0.5) is 5.69 Å². The van der Waals surface area contributed by atoms with Gasteiger partial charge in [0.1, 0.15) is 0 Å². The lowest BCUT2D eigenvalue weighted by atomic mass is 9.79. The Hall–Kier alpha value is -1.59. The Morgan fingerprint density at radius 3 is 2.89 bits per heavy atom. The van der Waals surface area contributed by atoms with Crippen molar-refractivity contribution in [1.82, 2.24) is 5.32 Å². The maximum Gasteiger partial charge on any atom is 0.236 e. The summed E-state index contributed by atoms with van der Waals surface area (Å²) in [5.41, 5.74) is 4.99. The van der Waals surface area contributed by atoms with Gasteiger partial charge in [0.25, 0.3) is 0 Å². The molecule has 2 amide bonds. The van der Waals surface area contributed by atoms with E-state index in [2.05, 4.69) is 10.6 Å². The average molecular weight is 270 g/mol. The largest absolute Gasteiger partial charge is 0.368 e. The van der Waals surface area contributed by atoms with E-state index in [0.717, 1.165) is 0 Å². The number of fused-ring (bicyclic) bond motifs is 2. The smallest absolute Gasteiger partial charge is 0.236 e. The molecule has 1 aromatic rings. The number of primary amides is 1. The number of hydrogen-bond acceptors (Lipinski definition) is 3. The van der Waals surface area contributed by atoms with Crippen LogP contribution in [0.1, 0.15) is 14.7 Å². The molecule has 1 spiro atoms. The molecule has 18 heavy (non-hydrogen) atoms. The van der Waals surface area contributed by atoms with Crippen molar-refractivity contribution in [3.63, 3.8) is 0 Å². The number of carbonyl (C=O) groups is 2. The predicted molar refractivity (Wildman–Crippen MR) is 69.6 cm³/mol. The molecule has 0 unspecified atom stereocenters. The molecule has 1 saturated heterocycles. The number of carbonyl (C=O) groups excluding carboxylic acids is 2. The van der Waals surface area contributed by atoms with Gasteiger partial charge in [-0.15, -0.1) is 12.4 Å². The zero-order chi connectivity index (χ0) is 13.8. The van der Waals surface area contributed by atoms with Gasteiger partial charge in [0, 0.05) is 14.9 Å². The number of amides is 2. The van der Waals surface area contributed by atoms with Crippen molar-refractivity contribution in [1.29, 1.82) is 0 Å². The van der Waals surface area contributed by atoms with E-state index in [1.807, 2.05) is 0 Å². The van der Waals surface area contributed by atoms with E-state index in [4.69, 9.17) is 8.48 Å². The number of halogens is 1. The summed E-state index contributed by atoms with van der Waals surface area (Å²) in [6.07, 6.45) is 0.0260. The Morgan fingerprint density at radius 1 is 1.50 bits per heavy atom. The van der Waals surface area contributed by atoms with Crippen molar-refractivity contribution in [2.24, 2.45) is 5.73 Å². The summed E-state index contributed by atoms with van der Waals surface area (Å²) in [5, 5.41) is 5.21. The van der Waals surface area contributed by atoms with Gasteiger partial charge in [-0.05, 0) is 18.1 Å². The van der Waals surface area contributed by atoms with Crippen molar-refractivity contribution in [2.45, 2.75) is 17.9 Å². The van der Waals surface area contributed by atoms with E-state index in [1.165, 1.54) is 0 Å². The van der Waals surface area contributed by atoms with Crippen LogP contribution in [0.25, 0.3) is 0 Å². The van der Waals surface area contributed by atoms with Crippen molar-refractivity contribution in [3.8, 4) is 0 Å². The first-order valence-electron chi connectivity index (χ1n) is 6.36. The third-order valence-corrected chi connectivity index (χ3v) is 3.34. The normalized spacial score (nSPS) is 33.1. The molecule has 0 bridgehead atoms. The molecule has 2 aliphatic rings. The Morgan fingerprint density at radius 2 is 2.22 bits per heavy atom. The number of rotatable bonds is 1. The van der Waals surface area contributed by atoms with Crippen LogP contribution in [-0.4, -0.2) is 24.4 Å². The van der Waals surface area contributed by atoms with Gasteiger partial charge < -0.3 is 16.4 Å². The zero-order valence-electron chi connectivity index (χ0n) is 11.4. The number of benzene rings is 1. The fraction of sp³-hybridized carbons (Fsp3) is 0.333. The molecule has 2 heterocycles. The van der Waals surface area contributed by atoms with E-state index in [-0.39, 0.29) is 18.8 Å². The number of hydrogen-bond donors (Lipinski definition) is 3. The monoisotopic (exact) mass is 269 g/mol. The van der Waals surface area contributed by atoms with Crippen LogP contribution in [0.3, 0.4) is 0 Å². The molecule has 3 rings (SSSR count). The Bertz CT molecular complexity index is 596. The van der Waals surface area contributed by atoms with E-state index in [9.17, 15) is 9.59 Å². The highest BCUT2D eigenvalue weighted by Crippen LogP contribution is 2.43. The summed E-state index contributed by atoms with van der Waals surface area (Å²) in [6, 6.07) is 6.08. The SMILES string of the molecule is Cl.[2H]C1([2H])N[C@H](C(N)=O)C[C@]12C(=O)Nc1ccccc12. The minimum absolute atomic E-state index is 0. The molecular formula is C12H14ClN3O2. The molecule has 4 N–H and O–H groups in total. The molecule has 5 nitrogen and oxygen atoms in total.